The van der Waals surface area contributed by atoms with Crippen LogP contribution in [0.2, 0.25) is 0 Å². The molecule has 2 aromatic heterocycles. The maximum Gasteiger partial charge on any atom is 0.410 e. The van der Waals surface area contributed by atoms with Crippen molar-refractivity contribution in [1.29, 1.82) is 0 Å². The van der Waals surface area contributed by atoms with Crippen molar-refractivity contribution in [2.24, 2.45) is 5.92 Å². The minimum absolute atomic E-state index is 0.0341. The molecule has 5 rings (SSSR count). The second-order valence-electron chi connectivity index (χ2n) is 10.9. The van der Waals surface area contributed by atoms with Crippen LogP contribution in [0, 0.1) is 12.8 Å². The Morgan fingerprint density at radius 3 is 2.77 bits per heavy atom. The first-order valence-corrected chi connectivity index (χ1v) is 14.4. The highest BCUT2D eigenvalue weighted by atomic mass is 16.6. The second-order valence-corrected chi connectivity index (χ2v) is 10.9. The molecule has 1 saturated carbocycles. The molecule has 2 amide bonds. The molecular formula is C31H37N5O7. The number of ether oxygens (including phenoxy) is 4. The molecule has 3 heterocycles. The van der Waals surface area contributed by atoms with E-state index >= 15 is 0 Å². The minimum atomic E-state index is -1.20. The van der Waals surface area contributed by atoms with Crippen LogP contribution in [0.3, 0.4) is 0 Å². The lowest BCUT2D eigenvalue weighted by Crippen LogP contribution is -2.51. The van der Waals surface area contributed by atoms with Gasteiger partial charge in [-0.15, -0.1) is 0 Å². The lowest BCUT2D eigenvalue weighted by atomic mass is 10.1. The number of rotatable bonds is 7. The summed E-state index contributed by atoms with van der Waals surface area (Å²) in [5.74, 6) is 0.396. The summed E-state index contributed by atoms with van der Waals surface area (Å²) in [6.07, 6.45) is 6.88. The SMILES string of the molecule is COC(=O)[C@@]12C[C@H]1/C=C\CCCCN(C)C(=O)O[C@@H](CCOc1cc(-n3ccc(C)n3)nc3cc(OC)ccc13)C(=O)N2. The Hall–Kier alpha value is -4.61. The van der Waals surface area contributed by atoms with Gasteiger partial charge in [0.25, 0.3) is 5.91 Å². The molecule has 3 atom stereocenters. The van der Waals surface area contributed by atoms with Crippen LogP contribution in [0.25, 0.3) is 16.7 Å². The van der Waals surface area contributed by atoms with E-state index in [4.69, 9.17) is 23.9 Å². The molecule has 228 valence electrons. The standard InChI is InChI=1S/C31H37N5O7/c1-20-12-15-36(34-20)27-18-26(23-11-10-22(40-3)17-24(23)32-27)42-16-13-25-28(37)33-31(29(38)41-4)19-21(31)9-7-5-6-8-14-35(2)30(39)43-25/h7,9-12,15,17-18,21,25H,5-6,8,13-14,16,19H2,1-4H3,(H,33,37)/b9-7-/t21-,25+,31-/m1/s1. The zero-order chi connectivity index (χ0) is 30.6. The third kappa shape index (κ3) is 6.58. The number of nitrogens with zero attached hydrogens (tertiary/aromatic N) is 4. The zero-order valence-electron chi connectivity index (χ0n) is 24.9. The number of aryl methyl sites for hydroxylation is 1. The van der Waals surface area contributed by atoms with Crippen LogP contribution < -0.4 is 14.8 Å². The summed E-state index contributed by atoms with van der Waals surface area (Å²) < 4.78 is 23.9. The van der Waals surface area contributed by atoms with Gasteiger partial charge in [-0.1, -0.05) is 12.2 Å². The number of aromatic nitrogens is 3. The van der Waals surface area contributed by atoms with E-state index in [1.54, 1.807) is 37.2 Å². The number of hydrogen-bond acceptors (Lipinski definition) is 9. The third-order valence-electron chi connectivity index (χ3n) is 7.80. The number of methoxy groups -OCH3 is 2. The van der Waals surface area contributed by atoms with Gasteiger partial charge in [-0.2, -0.15) is 5.10 Å². The van der Waals surface area contributed by atoms with Crippen LogP contribution in [-0.2, 0) is 19.1 Å². The topological polar surface area (TPSA) is 134 Å². The van der Waals surface area contributed by atoms with Crippen molar-refractivity contribution in [1.82, 2.24) is 25.0 Å². The summed E-state index contributed by atoms with van der Waals surface area (Å²) in [7, 11) is 4.51. The van der Waals surface area contributed by atoms with Gasteiger partial charge in [0.1, 0.15) is 17.0 Å². The first-order chi connectivity index (χ1) is 20.7. The molecule has 1 aliphatic carbocycles. The van der Waals surface area contributed by atoms with Crippen molar-refractivity contribution in [2.75, 3.05) is 34.4 Å². The molecule has 43 heavy (non-hydrogen) atoms. The summed E-state index contributed by atoms with van der Waals surface area (Å²) in [5.41, 5.74) is 0.289. The minimum Gasteiger partial charge on any atom is -0.497 e. The Kier molecular flexibility index (Phi) is 8.84. The molecule has 0 spiro atoms. The highest BCUT2D eigenvalue weighted by molar-refractivity contribution is 5.94. The Bertz CT molecular complexity index is 1540. The summed E-state index contributed by atoms with van der Waals surface area (Å²) in [6.45, 7) is 2.42. The monoisotopic (exact) mass is 591 g/mol. The molecule has 0 saturated heterocycles. The fourth-order valence-corrected chi connectivity index (χ4v) is 5.20. The van der Waals surface area contributed by atoms with Crippen molar-refractivity contribution in [3.05, 3.63) is 54.4 Å². The van der Waals surface area contributed by atoms with Crippen molar-refractivity contribution in [3.63, 3.8) is 0 Å². The fourth-order valence-electron chi connectivity index (χ4n) is 5.20. The number of esters is 1. The van der Waals surface area contributed by atoms with Crippen LogP contribution in [0.15, 0.2) is 48.7 Å². The van der Waals surface area contributed by atoms with Gasteiger partial charge in [0.15, 0.2) is 11.9 Å². The number of pyridine rings is 1. The number of benzene rings is 1. The molecule has 1 N–H and O–H groups in total. The van der Waals surface area contributed by atoms with Crippen molar-refractivity contribution in [2.45, 2.75) is 50.7 Å². The highest BCUT2D eigenvalue weighted by Gasteiger charge is 2.61. The zero-order valence-corrected chi connectivity index (χ0v) is 24.9. The maximum absolute atomic E-state index is 13.5. The van der Waals surface area contributed by atoms with Gasteiger partial charge < -0.3 is 29.2 Å². The van der Waals surface area contributed by atoms with Gasteiger partial charge in [-0.05, 0) is 50.8 Å². The maximum atomic E-state index is 13.5. The quantitative estimate of drug-likeness (QED) is 0.322. The molecule has 12 heteroatoms. The number of fused-ring (bicyclic) bond motifs is 2. The van der Waals surface area contributed by atoms with Crippen molar-refractivity contribution >= 4 is 28.9 Å². The normalized spacial score (nSPS) is 23.4. The van der Waals surface area contributed by atoms with E-state index in [9.17, 15) is 14.4 Å². The number of carbonyl (C=O) groups is 3. The Morgan fingerprint density at radius 1 is 1.19 bits per heavy atom. The number of hydrogen-bond donors (Lipinski definition) is 1. The summed E-state index contributed by atoms with van der Waals surface area (Å²) in [6, 6.07) is 9.10. The van der Waals surface area contributed by atoms with E-state index < -0.39 is 29.6 Å². The Labute approximate surface area is 249 Å². The Balaban J connectivity index is 1.39. The molecule has 0 radical (unpaired) electrons. The van der Waals surface area contributed by atoms with Crippen LogP contribution >= 0.6 is 0 Å². The van der Waals surface area contributed by atoms with E-state index in [1.165, 1.54) is 12.0 Å². The van der Waals surface area contributed by atoms with Gasteiger partial charge in [-0.3, -0.25) is 4.79 Å². The summed E-state index contributed by atoms with van der Waals surface area (Å²) in [4.78, 5) is 45.4. The fraction of sp³-hybridized carbons (Fsp3) is 0.452. The second kappa shape index (κ2) is 12.7. The number of allylic oxidation sites excluding steroid dienone is 1. The van der Waals surface area contributed by atoms with Gasteiger partial charge >= 0.3 is 12.1 Å². The van der Waals surface area contributed by atoms with Crippen LogP contribution in [0.5, 0.6) is 11.5 Å². The molecular weight excluding hydrogens is 554 g/mol. The van der Waals surface area contributed by atoms with Crippen molar-refractivity contribution in [3.8, 4) is 17.3 Å². The van der Waals surface area contributed by atoms with Gasteiger partial charge in [0.2, 0.25) is 0 Å². The number of nitrogens with one attached hydrogen (secondary N) is 1. The van der Waals surface area contributed by atoms with E-state index in [0.717, 1.165) is 30.3 Å². The molecule has 3 aromatic rings. The predicted molar refractivity (Wildman–Crippen MR) is 157 cm³/mol. The van der Waals surface area contributed by atoms with E-state index in [2.05, 4.69) is 10.4 Å². The lowest BCUT2D eigenvalue weighted by Gasteiger charge is -2.25. The van der Waals surface area contributed by atoms with Gasteiger partial charge in [0.05, 0.1) is 32.0 Å². The largest absolute Gasteiger partial charge is 0.497 e. The van der Waals surface area contributed by atoms with Crippen molar-refractivity contribution < 1.29 is 33.3 Å². The lowest BCUT2D eigenvalue weighted by molar-refractivity contribution is -0.148. The van der Waals surface area contributed by atoms with E-state index in [0.29, 0.717) is 35.8 Å². The van der Waals surface area contributed by atoms with Crippen LogP contribution in [0.4, 0.5) is 4.79 Å². The highest BCUT2D eigenvalue weighted by Crippen LogP contribution is 2.46. The molecule has 12 nitrogen and oxygen atoms in total. The number of carbonyl (C=O) groups excluding carboxylic acids is 3. The van der Waals surface area contributed by atoms with E-state index in [-0.39, 0.29) is 18.9 Å². The average molecular weight is 592 g/mol. The molecule has 2 aliphatic rings. The molecule has 0 unspecified atom stereocenters. The Morgan fingerprint density at radius 2 is 2.02 bits per heavy atom. The number of cyclic esters (lactones) is 1. The predicted octanol–water partition coefficient (Wildman–Crippen LogP) is 3.73. The molecule has 1 aromatic carbocycles. The summed E-state index contributed by atoms with van der Waals surface area (Å²) >= 11 is 0. The van der Waals surface area contributed by atoms with Crippen LogP contribution in [0.1, 0.15) is 37.8 Å². The smallest absolute Gasteiger partial charge is 0.410 e. The van der Waals surface area contributed by atoms with E-state index in [1.807, 2.05) is 37.3 Å². The average Bonchev–Trinajstić information content (AvgIpc) is 3.52. The number of amides is 2. The van der Waals surface area contributed by atoms with Gasteiger partial charge in [0, 0.05) is 49.6 Å². The van der Waals surface area contributed by atoms with Gasteiger partial charge in [-0.25, -0.2) is 19.3 Å². The third-order valence-corrected chi connectivity index (χ3v) is 7.80. The first-order valence-electron chi connectivity index (χ1n) is 14.4. The molecule has 1 fully saturated rings. The first kappa shape index (κ1) is 29.9. The molecule has 0 bridgehead atoms. The molecule has 1 aliphatic heterocycles. The summed E-state index contributed by atoms with van der Waals surface area (Å²) in [5, 5.41) is 8.03. The van der Waals surface area contributed by atoms with Crippen LogP contribution in [-0.4, -0.2) is 83.7 Å².